The summed E-state index contributed by atoms with van der Waals surface area (Å²) in [6.45, 7) is 0. The van der Waals surface area contributed by atoms with Gasteiger partial charge in [-0.15, -0.1) is 0 Å². The zero-order chi connectivity index (χ0) is 26.0. The van der Waals surface area contributed by atoms with Crippen LogP contribution in [-0.2, 0) is 15.8 Å². The summed E-state index contributed by atoms with van der Waals surface area (Å²) in [5.41, 5.74) is 0.194. The topological polar surface area (TPSA) is 119 Å². The number of alkyl halides is 3. The minimum Gasteiger partial charge on any atom is -0.422 e. The molecule has 1 aliphatic rings. The second-order valence-electron chi connectivity index (χ2n) is 7.42. The summed E-state index contributed by atoms with van der Waals surface area (Å²) in [6, 6.07) is 14.6. The van der Waals surface area contributed by atoms with E-state index in [9.17, 15) is 37.7 Å². The summed E-state index contributed by atoms with van der Waals surface area (Å²) in [7, 11) is 0. The number of esters is 1. The molecule has 0 saturated carbocycles. The fraction of sp³-hybridized carbons (Fsp3) is 0.0417. The van der Waals surface area contributed by atoms with E-state index in [-0.39, 0.29) is 11.3 Å². The number of nitrogens with zero attached hydrogens (tertiary/aromatic N) is 2. The molecule has 0 radical (unpaired) electrons. The first-order valence-corrected chi connectivity index (χ1v) is 10.1. The molecule has 1 saturated heterocycles. The number of hydrazine groups is 1. The molecule has 1 aliphatic heterocycles. The van der Waals surface area contributed by atoms with Crippen molar-refractivity contribution in [2.45, 2.75) is 6.18 Å². The van der Waals surface area contributed by atoms with Crippen molar-refractivity contribution in [2.75, 3.05) is 5.01 Å². The van der Waals surface area contributed by atoms with Crippen LogP contribution >= 0.6 is 0 Å². The summed E-state index contributed by atoms with van der Waals surface area (Å²) < 4.78 is 44.2. The zero-order valence-corrected chi connectivity index (χ0v) is 18.0. The van der Waals surface area contributed by atoms with E-state index in [2.05, 4.69) is 5.43 Å². The highest BCUT2D eigenvalue weighted by Gasteiger charge is 2.35. The first-order chi connectivity index (χ1) is 17.0. The van der Waals surface area contributed by atoms with Crippen LogP contribution in [-0.4, -0.2) is 22.7 Å². The molecular weight excluding hydrogens is 483 g/mol. The Hall–Kier alpha value is -5.00. The molecule has 0 spiro atoms. The number of hydrogen-bond acceptors (Lipinski definition) is 6. The zero-order valence-electron chi connectivity index (χ0n) is 18.0. The monoisotopic (exact) mass is 497 g/mol. The Bertz CT molecular complexity index is 1420. The number of halogens is 3. The number of non-ortho nitro benzene ring substituents is 1. The lowest BCUT2D eigenvalue weighted by Crippen LogP contribution is -2.35. The molecule has 0 aliphatic carbocycles. The number of amides is 2. The molecule has 12 heteroatoms. The van der Waals surface area contributed by atoms with Crippen LogP contribution in [0.1, 0.15) is 21.5 Å². The Kier molecular flexibility index (Phi) is 6.26. The summed E-state index contributed by atoms with van der Waals surface area (Å²) in [5, 5.41) is 12.2. The van der Waals surface area contributed by atoms with Gasteiger partial charge in [0.25, 0.3) is 17.5 Å². The van der Waals surface area contributed by atoms with Crippen molar-refractivity contribution in [3.05, 3.63) is 105 Å². The Morgan fingerprint density at radius 1 is 1.00 bits per heavy atom. The molecule has 0 unspecified atom stereocenters. The van der Waals surface area contributed by atoms with E-state index < -0.39 is 51.3 Å². The van der Waals surface area contributed by atoms with Crippen LogP contribution in [0.3, 0.4) is 0 Å². The number of nitro benzene ring substituents is 1. The molecule has 3 aromatic rings. The van der Waals surface area contributed by atoms with Gasteiger partial charge in [0, 0.05) is 17.7 Å². The van der Waals surface area contributed by atoms with Crippen LogP contribution in [0, 0.1) is 10.1 Å². The van der Waals surface area contributed by atoms with Gasteiger partial charge in [0.2, 0.25) is 0 Å². The third-order valence-electron chi connectivity index (χ3n) is 5.04. The Morgan fingerprint density at radius 2 is 1.72 bits per heavy atom. The summed E-state index contributed by atoms with van der Waals surface area (Å²) >= 11 is 0. The highest BCUT2D eigenvalue weighted by Crippen LogP contribution is 2.31. The first-order valence-electron chi connectivity index (χ1n) is 10.1. The Balaban J connectivity index is 1.70. The second-order valence-corrected chi connectivity index (χ2v) is 7.42. The van der Waals surface area contributed by atoms with Crippen molar-refractivity contribution in [3.63, 3.8) is 0 Å². The number of nitro groups is 1. The van der Waals surface area contributed by atoms with Gasteiger partial charge in [-0.25, -0.2) is 9.80 Å². The van der Waals surface area contributed by atoms with E-state index in [1.165, 1.54) is 0 Å². The maximum absolute atomic E-state index is 13.0. The minimum atomic E-state index is -4.69. The number of hydrogen-bond donors (Lipinski definition) is 1. The molecule has 1 fully saturated rings. The number of rotatable bonds is 5. The van der Waals surface area contributed by atoms with Crippen LogP contribution in [0.25, 0.3) is 6.08 Å². The van der Waals surface area contributed by atoms with Crippen molar-refractivity contribution in [1.82, 2.24) is 5.43 Å². The van der Waals surface area contributed by atoms with Gasteiger partial charge in [0.05, 0.1) is 21.7 Å². The number of anilines is 1. The molecule has 0 aromatic heterocycles. The van der Waals surface area contributed by atoms with Crippen LogP contribution in [0.5, 0.6) is 5.75 Å². The number of carbonyl (C=O) groups excluding carboxylic acids is 3. The van der Waals surface area contributed by atoms with E-state index in [0.29, 0.717) is 11.8 Å². The van der Waals surface area contributed by atoms with Crippen molar-refractivity contribution in [2.24, 2.45) is 0 Å². The average Bonchev–Trinajstić information content (AvgIpc) is 3.13. The third kappa shape index (κ3) is 4.92. The quantitative estimate of drug-likeness (QED) is 0.140. The standard InChI is InChI=1S/C24H14F3N3O6/c25-24(26,27)16-6-4-5-14(11-16)23(33)36-20-10-9-18(30(34)35)12-15(20)13-19-21(31)28-29(22(19)32)17-7-2-1-3-8-17/h1-13H,(H,28,31)/b19-13-. The van der Waals surface area contributed by atoms with Crippen LogP contribution in [0.15, 0.2) is 78.4 Å². The van der Waals surface area contributed by atoms with Crippen LogP contribution < -0.4 is 15.2 Å². The Morgan fingerprint density at radius 3 is 2.39 bits per heavy atom. The van der Waals surface area contributed by atoms with Gasteiger partial charge in [0.15, 0.2) is 0 Å². The predicted octanol–water partition coefficient (Wildman–Crippen LogP) is 4.29. The van der Waals surface area contributed by atoms with Gasteiger partial charge in [-0.2, -0.15) is 13.2 Å². The van der Waals surface area contributed by atoms with Gasteiger partial charge >= 0.3 is 12.1 Å². The fourth-order valence-electron chi connectivity index (χ4n) is 3.31. The lowest BCUT2D eigenvalue weighted by Gasteiger charge is -2.14. The molecule has 0 atom stereocenters. The number of benzene rings is 3. The molecule has 182 valence electrons. The molecular formula is C24H14F3N3O6. The van der Waals surface area contributed by atoms with E-state index in [1.807, 2.05) is 0 Å². The number of carbonyl (C=O) groups is 3. The normalized spacial score (nSPS) is 14.6. The van der Waals surface area contributed by atoms with Gasteiger partial charge in [-0.05, 0) is 42.5 Å². The summed E-state index contributed by atoms with van der Waals surface area (Å²) in [4.78, 5) is 48.4. The van der Waals surface area contributed by atoms with Crippen molar-refractivity contribution in [3.8, 4) is 5.75 Å². The molecule has 2 amide bonds. The van der Waals surface area contributed by atoms with Gasteiger partial charge in [-0.3, -0.25) is 25.1 Å². The Labute approximate surface area is 200 Å². The predicted molar refractivity (Wildman–Crippen MR) is 120 cm³/mol. The highest BCUT2D eigenvalue weighted by molar-refractivity contribution is 6.31. The maximum atomic E-state index is 13.0. The lowest BCUT2D eigenvalue weighted by molar-refractivity contribution is -0.384. The molecule has 3 aromatic carbocycles. The fourth-order valence-corrected chi connectivity index (χ4v) is 3.31. The summed E-state index contributed by atoms with van der Waals surface area (Å²) in [5.74, 6) is -3.07. The summed E-state index contributed by atoms with van der Waals surface area (Å²) in [6.07, 6.45) is -3.69. The van der Waals surface area contributed by atoms with E-state index in [1.54, 1.807) is 30.3 Å². The molecule has 4 rings (SSSR count). The maximum Gasteiger partial charge on any atom is 0.416 e. The largest absolute Gasteiger partial charge is 0.422 e. The number of para-hydroxylation sites is 1. The highest BCUT2D eigenvalue weighted by atomic mass is 19.4. The molecule has 1 N–H and O–H groups in total. The van der Waals surface area contributed by atoms with Crippen molar-refractivity contribution in [1.29, 1.82) is 0 Å². The van der Waals surface area contributed by atoms with E-state index in [4.69, 9.17) is 4.74 Å². The molecule has 36 heavy (non-hydrogen) atoms. The minimum absolute atomic E-state index is 0.182. The van der Waals surface area contributed by atoms with E-state index >= 15 is 0 Å². The smallest absolute Gasteiger partial charge is 0.416 e. The van der Waals surface area contributed by atoms with Crippen LogP contribution in [0.2, 0.25) is 0 Å². The second kappa shape index (κ2) is 9.33. The third-order valence-corrected chi connectivity index (χ3v) is 5.04. The molecule has 1 heterocycles. The first kappa shape index (κ1) is 24.1. The number of nitrogens with one attached hydrogen (secondary N) is 1. The van der Waals surface area contributed by atoms with Gasteiger partial charge in [-0.1, -0.05) is 24.3 Å². The van der Waals surface area contributed by atoms with E-state index in [0.717, 1.165) is 47.5 Å². The molecule has 9 nitrogen and oxygen atoms in total. The number of ether oxygens (including phenoxy) is 1. The van der Waals surface area contributed by atoms with Crippen molar-refractivity contribution < 1.29 is 37.2 Å². The van der Waals surface area contributed by atoms with Crippen molar-refractivity contribution >= 4 is 35.2 Å². The van der Waals surface area contributed by atoms with Gasteiger partial charge < -0.3 is 4.74 Å². The average molecular weight is 497 g/mol. The van der Waals surface area contributed by atoms with Crippen LogP contribution in [0.4, 0.5) is 24.5 Å². The van der Waals surface area contributed by atoms with Gasteiger partial charge in [0.1, 0.15) is 11.3 Å². The molecule has 0 bridgehead atoms. The SMILES string of the molecule is O=C1NN(c2ccccc2)C(=O)/C1=C\c1cc([N+](=O)[O-])ccc1OC(=O)c1cccc(C(F)(F)F)c1. The lowest BCUT2D eigenvalue weighted by atomic mass is 10.1.